The molecule has 0 heterocycles. The van der Waals surface area contributed by atoms with Gasteiger partial charge in [-0.2, -0.15) is 21.9 Å². The Kier molecular flexibility index (Phi) is 9.01. The highest BCUT2D eigenvalue weighted by atomic mass is 16.3. The van der Waals surface area contributed by atoms with Crippen LogP contribution >= 0.6 is 0 Å². The number of benzene rings is 5. The second kappa shape index (κ2) is 12.6. The maximum absolute atomic E-state index is 7.05. The third kappa shape index (κ3) is 6.30. The Hall–Kier alpha value is -4.14. The van der Waals surface area contributed by atoms with E-state index >= 15 is 0 Å². The molecule has 0 amide bonds. The molecule has 0 aliphatic heterocycles. The molecule has 0 spiro atoms. The largest absolute Gasteiger partial charge is 0.442 e. The summed E-state index contributed by atoms with van der Waals surface area (Å²) in [6, 6.07) is 46.0. The summed E-state index contributed by atoms with van der Waals surface area (Å²) < 4.78 is 0. The monoisotopic (exact) mass is 510 g/mol. The van der Waals surface area contributed by atoms with Crippen molar-refractivity contribution in [1.82, 2.24) is 0 Å². The zero-order valence-corrected chi connectivity index (χ0v) is 23.6. The highest BCUT2D eigenvalue weighted by molar-refractivity contribution is 7.19. The minimum absolute atomic E-state index is 0.282. The van der Waals surface area contributed by atoms with Gasteiger partial charge in [-0.05, 0) is 33.3 Å². The summed E-state index contributed by atoms with van der Waals surface area (Å²) in [6.45, 7) is 12.8. The molecular weight excluding hydrogens is 471 g/mol. The number of aryl methyl sites for hydroxylation is 4. The van der Waals surface area contributed by atoms with Crippen molar-refractivity contribution in [3.63, 3.8) is 0 Å². The molecule has 2 N–H and O–H groups in total. The summed E-state index contributed by atoms with van der Waals surface area (Å²) in [7, 11) is 0. The number of hydrogen-bond acceptors (Lipinski definition) is 0. The lowest BCUT2D eigenvalue weighted by molar-refractivity contribution is 0.350. The van der Waals surface area contributed by atoms with Crippen molar-refractivity contribution in [1.29, 1.82) is 0 Å². The third-order valence-corrected chi connectivity index (χ3v) is 7.56. The third-order valence-electron chi connectivity index (χ3n) is 7.56. The van der Waals surface area contributed by atoms with Crippen molar-refractivity contribution in [2.75, 3.05) is 6.61 Å². The molecule has 1 nitrogen and oxygen atoms in total. The number of hydrogen-bond donors (Lipinski definition) is 0. The predicted molar refractivity (Wildman–Crippen MR) is 173 cm³/mol. The van der Waals surface area contributed by atoms with E-state index in [1.165, 1.54) is 44.1 Å². The van der Waals surface area contributed by atoms with Crippen LogP contribution in [0.4, 0.5) is 0 Å². The summed E-state index contributed by atoms with van der Waals surface area (Å²) in [6.07, 6.45) is -1.29. The molecule has 0 atom stereocenters. The van der Waals surface area contributed by atoms with Gasteiger partial charge in [0.05, 0.1) is 0 Å². The molecule has 0 aliphatic carbocycles. The Bertz CT molecular complexity index is 1360. The Morgan fingerprint density at radius 3 is 1.13 bits per heavy atom. The van der Waals surface area contributed by atoms with Crippen LogP contribution in [0.25, 0.3) is 5.57 Å². The fraction of sp³-hybridized carbons (Fsp3) is 0.135. The van der Waals surface area contributed by atoms with Crippen molar-refractivity contribution < 1.29 is 5.11 Å². The molecule has 5 rings (SSSR count). The molecule has 39 heavy (non-hydrogen) atoms. The van der Waals surface area contributed by atoms with Crippen molar-refractivity contribution in [3.8, 4) is 0 Å². The smallest absolute Gasteiger partial charge is 0.169 e. The Morgan fingerprint density at radius 2 is 0.846 bits per heavy atom. The topological polar surface area (TPSA) is 22.9 Å². The summed E-state index contributed by atoms with van der Waals surface area (Å²) in [4.78, 5) is 0. The van der Waals surface area contributed by atoms with Gasteiger partial charge < -0.3 is 5.11 Å². The minimum atomic E-state index is -1.29. The van der Waals surface area contributed by atoms with E-state index in [2.05, 4.69) is 131 Å². The summed E-state index contributed by atoms with van der Waals surface area (Å²) in [5, 5.41) is 7.05. The lowest BCUT2D eigenvalue weighted by Crippen LogP contribution is -2.75. The van der Waals surface area contributed by atoms with Crippen LogP contribution < -0.4 is 21.9 Å². The quantitative estimate of drug-likeness (QED) is 0.206. The van der Waals surface area contributed by atoms with Gasteiger partial charge in [-0.3, -0.25) is 0 Å². The second-order valence-corrected chi connectivity index (χ2v) is 10.7. The van der Waals surface area contributed by atoms with E-state index in [0.717, 1.165) is 11.1 Å². The maximum atomic E-state index is 7.05. The SMILES string of the molecule is C=C(C[OH2+])c1ccccc1.Cc1cccc([B-](c2cccc(C)c2)(c2cccc(C)c2)c2cccc(C)c2)c1. The highest BCUT2D eigenvalue weighted by Crippen LogP contribution is 2.13. The summed E-state index contributed by atoms with van der Waals surface area (Å²) in [5.41, 5.74) is 12.6. The van der Waals surface area contributed by atoms with E-state index in [0.29, 0.717) is 0 Å². The van der Waals surface area contributed by atoms with Crippen LogP contribution in [-0.2, 0) is 0 Å². The van der Waals surface area contributed by atoms with Gasteiger partial charge in [0, 0.05) is 5.57 Å². The zero-order chi connectivity index (χ0) is 27.8. The highest BCUT2D eigenvalue weighted by Gasteiger charge is 2.32. The molecule has 5 aromatic rings. The van der Waals surface area contributed by atoms with Gasteiger partial charge >= 0.3 is 0 Å². The molecule has 0 saturated carbocycles. The van der Waals surface area contributed by atoms with Gasteiger partial charge in [-0.15, -0.1) is 0 Å². The molecule has 2 heteroatoms. The van der Waals surface area contributed by atoms with E-state index in [9.17, 15) is 0 Å². The fourth-order valence-electron chi connectivity index (χ4n) is 5.69. The second-order valence-electron chi connectivity index (χ2n) is 10.7. The van der Waals surface area contributed by atoms with E-state index in [-0.39, 0.29) is 6.61 Å². The standard InChI is InChI=1S/C28H28B.C9H10O/c1-21-9-5-13-25(17-21)29(26-14-6-10-22(2)18-26,27-15-7-11-23(3)19-27)28-16-8-12-24(4)20-28;1-8(7-10)9-5-3-2-4-6-9/h5-20H,1-4H3;2-6,10H,1,7H2/q-1;/p+1. The average molecular weight is 511 g/mol. The molecule has 0 bridgehead atoms. The summed E-state index contributed by atoms with van der Waals surface area (Å²) >= 11 is 0. The van der Waals surface area contributed by atoms with Gasteiger partial charge in [0.2, 0.25) is 0 Å². The fourth-order valence-corrected chi connectivity index (χ4v) is 5.69. The van der Waals surface area contributed by atoms with E-state index < -0.39 is 6.15 Å². The van der Waals surface area contributed by atoms with Gasteiger partial charge in [-0.1, -0.05) is 156 Å². The normalized spacial score (nSPS) is 10.9. The van der Waals surface area contributed by atoms with Crippen LogP contribution in [0.2, 0.25) is 0 Å². The van der Waals surface area contributed by atoms with Crippen LogP contribution in [0.15, 0.2) is 134 Å². The van der Waals surface area contributed by atoms with Crippen molar-refractivity contribution in [2.45, 2.75) is 27.7 Å². The molecule has 0 unspecified atom stereocenters. The number of rotatable bonds is 6. The zero-order valence-electron chi connectivity index (χ0n) is 23.6. The first-order valence-electron chi connectivity index (χ1n) is 13.7. The summed E-state index contributed by atoms with van der Waals surface area (Å²) in [5.74, 6) is 0. The molecule has 5 aromatic carbocycles. The molecule has 0 aliphatic rings. The van der Waals surface area contributed by atoms with E-state index in [1.54, 1.807) is 0 Å². The molecular formula is C37H39BO. The van der Waals surface area contributed by atoms with Gasteiger partial charge in [0.25, 0.3) is 0 Å². The first-order valence-corrected chi connectivity index (χ1v) is 13.7. The first-order chi connectivity index (χ1) is 18.8. The van der Waals surface area contributed by atoms with Crippen LogP contribution in [0, 0.1) is 27.7 Å². The lowest BCUT2D eigenvalue weighted by atomic mass is 9.13. The van der Waals surface area contributed by atoms with Crippen molar-refractivity contribution >= 4 is 33.6 Å². The molecule has 0 saturated heterocycles. The van der Waals surface area contributed by atoms with Crippen LogP contribution in [-0.4, -0.2) is 17.9 Å². The van der Waals surface area contributed by atoms with Gasteiger partial charge in [-0.25, -0.2) is 0 Å². The first kappa shape index (κ1) is 27.9. The van der Waals surface area contributed by atoms with Crippen molar-refractivity contribution in [3.05, 3.63) is 162 Å². The Labute approximate surface area is 234 Å². The average Bonchev–Trinajstić information content (AvgIpc) is 2.94. The van der Waals surface area contributed by atoms with E-state index in [4.69, 9.17) is 5.11 Å². The predicted octanol–water partition coefficient (Wildman–Crippen LogP) is 5.72. The molecule has 0 radical (unpaired) electrons. The molecule has 0 fully saturated rings. The van der Waals surface area contributed by atoms with Crippen LogP contribution in [0.1, 0.15) is 27.8 Å². The molecule has 196 valence electrons. The Balaban J connectivity index is 0.000000298. The van der Waals surface area contributed by atoms with Crippen molar-refractivity contribution in [2.24, 2.45) is 0 Å². The molecule has 0 aromatic heterocycles. The van der Waals surface area contributed by atoms with Gasteiger partial charge in [0.1, 0.15) is 6.15 Å². The maximum Gasteiger partial charge on any atom is 0.169 e. The minimum Gasteiger partial charge on any atom is -0.442 e. The van der Waals surface area contributed by atoms with Crippen LogP contribution in [0.5, 0.6) is 0 Å². The van der Waals surface area contributed by atoms with Gasteiger partial charge in [0.15, 0.2) is 6.61 Å². The Morgan fingerprint density at radius 1 is 0.513 bits per heavy atom. The van der Waals surface area contributed by atoms with E-state index in [1.807, 2.05) is 30.3 Å². The van der Waals surface area contributed by atoms with Crippen LogP contribution in [0.3, 0.4) is 0 Å². The lowest BCUT2D eigenvalue weighted by Gasteiger charge is -2.45.